The van der Waals surface area contributed by atoms with Gasteiger partial charge in [-0.1, -0.05) is 36.4 Å². The van der Waals surface area contributed by atoms with E-state index in [4.69, 9.17) is 5.73 Å². The summed E-state index contributed by atoms with van der Waals surface area (Å²) in [5.74, 6) is 0. The van der Waals surface area contributed by atoms with E-state index in [-0.39, 0.29) is 0 Å². The average Bonchev–Trinajstić information content (AvgIpc) is 2.43. The van der Waals surface area contributed by atoms with E-state index < -0.39 is 0 Å². The van der Waals surface area contributed by atoms with Crippen molar-refractivity contribution in [3.05, 3.63) is 65.2 Å². The van der Waals surface area contributed by atoms with Gasteiger partial charge in [-0.15, -0.1) is 0 Å². The number of nitrogens with zero attached hydrogens (tertiary/aromatic N) is 1. The molecule has 2 heteroatoms. The van der Waals surface area contributed by atoms with Crippen LogP contribution in [0.4, 0.5) is 5.69 Å². The lowest BCUT2D eigenvalue weighted by molar-refractivity contribution is 0.229. The van der Waals surface area contributed by atoms with Crippen LogP contribution in [0.25, 0.3) is 0 Å². The summed E-state index contributed by atoms with van der Waals surface area (Å²) >= 11 is 0. The molecule has 0 fully saturated rings. The Morgan fingerprint density at radius 2 is 1.95 bits per heavy atom. The number of nitrogen functional groups attached to an aromatic ring is 1. The summed E-state index contributed by atoms with van der Waals surface area (Å²) < 4.78 is 0. The van der Waals surface area contributed by atoms with Crippen LogP contribution >= 0.6 is 0 Å². The van der Waals surface area contributed by atoms with Gasteiger partial charge in [0.05, 0.1) is 0 Å². The largest absolute Gasteiger partial charge is 0.399 e. The van der Waals surface area contributed by atoms with E-state index in [1.807, 2.05) is 6.07 Å². The zero-order valence-electron chi connectivity index (χ0n) is 11.3. The summed E-state index contributed by atoms with van der Waals surface area (Å²) in [6, 6.07) is 17.5. The third-order valence-corrected chi connectivity index (χ3v) is 4.07. The Hall–Kier alpha value is -1.80. The van der Waals surface area contributed by atoms with Gasteiger partial charge in [-0.3, -0.25) is 4.90 Å². The van der Waals surface area contributed by atoms with Gasteiger partial charge in [0.25, 0.3) is 0 Å². The Labute approximate surface area is 114 Å². The molecule has 19 heavy (non-hydrogen) atoms. The standard InChI is InChI=1S/C17H20N2/c1-19-10-9-14-7-8-15(18)12-16(14)17(19)11-13-5-3-2-4-6-13/h2-8,12,17H,9-11,18H2,1H3. The van der Waals surface area contributed by atoms with E-state index in [1.165, 1.54) is 16.7 Å². The van der Waals surface area contributed by atoms with Gasteiger partial charge in [0.15, 0.2) is 0 Å². The van der Waals surface area contributed by atoms with E-state index >= 15 is 0 Å². The molecule has 1 unspecified atom stereocenters. The zero-order chi connectivity index (χ0) is 13.2. The highest BCUT2D eigenvalue weighted by molar-refractivity contribution is 5.47. The van der Waals surface area contributed by atoms with E-state index in [1.54, 1.807) is 0 Å². The summed E-state index contributed by atoms with van der Waals surface area (Å²) in [7, 11) is 2.21. The predicted molar refractivity (Wildman–Crippen MR) is 80.1 cm³/mol. The van der Waals surface area contributed by atoms with Crippen LogP contribution in [0.5, 0.6) is 0 Å². The lowest BCUT2D eigenvalue weighted by Gasteiger charge is -2.35. The van der Waals surface area contributed by atoms with Crippen molar-refractivity contribution in [1.29, 1.82) is 0 Å². The second-order valence-corrected chi connectivity index (χ2v) is 5.39. The SMILES string of the molecule is CN1CCc2ccc(N)cc2C1Cc1ccccc1. The molecule has 0 bridgehead atoms. The summed E-state index contributed by atoms with van der Waals surface area (Å²) in [4.78, 5) is 2.44. The lowest BCUT2D eigenvalue weighted by atomic mass is 9.89. The van der Waals surface area contributed by atoms with Crippen LogP contribution in [0.3, 0.4) is 0 Å². The van der Waals surface area contributed by atoms with Gasteiger partial charge >= 0.3 is 0 Å². The third-order valence-electron chi connectivity index (χ3n) is 4.07. The molecule has 98 valence electrons. The highest BCUT2D eigenvalue weighted by Crippen LogP contribution is 2.32. The number of likely N-dealkylation sites (N-methyl/N-ethyl adjacent to an activating group) is 1. The zero-order valence-corrected chi connectivity index (χ0v) is 11.3. The van der Waals surface area contributed by atoms with Gasteiger partial charge in [0.2, 0.25) is 0 Å². The first-order valence-electron chi connectivity index (χ1n) is 6.86. The van der Waals surface area contributed by atoms with Crippen LogP contribution in [0, 0.1) is 0 Å². The van der Waals surface area contributed by atoms with Crippen LogP contribution in [-0.4, -0.2) is 18.5 Å². The van der Waals surface area contributed by atoms with Gasteiger partial charge in [0, 0.05) is 18.3 Å². The minimum atomic E-state index is 0.439. The van der Waals surface area contributed by atoms with Crippen LogP contribution in [0.15, 0.2) is 48.5 Å². The third kappa shape index (κ3) is 2.49. The second-order valence-electron chi connectivity index (χ2n) is 5.39. The molecule has 0 radical (unpaired) electrons. The van der Waals surface area contributed by atoms with Gasteiger partial charge < -0.3 is 5.73 Å². The Morgan fingerprint density at radius 3 is 2.74 bits per heavy atom. The fourth-order valence-electron chi connectivity index (χ4n) is 2.94. The maximum Gasteiger partial charge on any atom is 0.0389 e. The predicted octanol–water partition coefficient (Wildman–Crippen LogP) is 3.04. The molecule has 1 heterocycles. The molecule has 0 saturated carbocycles. The molecule has 0 aromatic heterocycles. The molecule has 2 N–H and O–H groups in total. The molecule has 1 aliphatic rings. The van der Waals surface area contributed by atoms with E-state index in [2.05, 4.69) is 54.4 Å². The van der Waals surface area contributed by atoms with Crippen molar-refractivity contribution in [3.63, 3.8) is 0 Å². The summed E-state index contributed by atoms with van der Waals surface area (Å²) in [5, 5.41) is 0. The number of hydrogen-bond acceptors (Lipinski definition) is 2. The monoisotopic (exact) mass is 252 g/mol. The molecular weight excluding hydrogens is 232 g/mol. The van der Waals surface area contributed by atoms with Gasteiger partial charge in [0.1, 0.15) is 0 Å². The van der Waals surface area contributed by atoms with Gasteiger partial charge in [-0.25, -0.2) is 0 Å². The molecule has 2 aromatic carbocycles. The van der Waals surface area contributed by atoms with Crippen molar-refractivity contribution >= 4 is 5.69 Å². The molecule has 0 amide bonds. The van der Waals surface area contributed by atoms with Gasteiger partial charge in [-0.05, 0) is 48.7 Å². The second kappa shape index (κ2) is 5.06. The Kier molecular flexibility index (Phi) is 3.26. The van der Waals surface area contributed by atoms with E-state index in [0.29, 0.717) is 6.04 Å². The first-order chi connectivity index (χ1) is 9.24. The molecule has 1 atom stereocenters. The fraction of sp³-hybridized carbons (Fsp3) is 0.294. The minimum Gasteiger partial charge on any atom is -0.399 e. The number of anilines is 1. The first-order valence-corrected chi connectivity index (χ1v) is 6.86. The van der Waals surface area contributed by atoms with Crippen LogP contribution < -0.4 is 5.73 Å². The number of fused-ring (bicyclic) bond motifs is 1. The number of rotatable bonds is 2. The van der Waals surface area contributed by atoms with Crippen LogP contribution in [0.2, 0.25) is 0 Å². The van der Waals surface area contributed by atoms with Crippen molar-refractivity contribution < 1.29 is 0 Å². The van der Waals surface area contributed by atoms with E-state index in [9.17, 15) is 0 Å². The van der Waals surface area contributed by atoms with Crippen molar-refractivity contribution in [2.45, 2.75) is 18.9 Å². The summed E-state index contributed by atoms with van der Waals surface area (Å²) in [5.41, 5.74) is 11.1. The van der Waals surface area contributed by atoms with Crippen molar-refractivity contribution in [1.82, 2.24) is 4.90 Å². The smallest absolute Gasteiger partial charge is 0.0389 e. The quantitative estimate of drug-likeness (QED) is 0.832. The van der Waals surface area contributed by atoms with Crippen molar-refractivity contribution in [2.75, 3.05) is 19.3 Å². The molecule has 0 aliphatic carbocycles. The van der Waals surface area contributed by atoms with Crippen molar-refractivity contribution in [2.24, 2.45) is 0 Å². The molecule has 1 aliphatic heterocycles. The molecule has 3 rings (SSSR count). The topological polar surface area (TPSA) is 29.3 Å². The fourth-order valence-corrected chi connectivity index (χ4v) is 2.94. The Balaban J connectivity index is 1.94. The molecule has 2 aromatic rings. The molecule has 0 saturated heterocycles. The summed E-state index contributed by atoms with van der Waals surface area (Å²) in [6.45, 7) is 1.12. The van der Waals surface area contributed by atoms with Crippen LogP contribution in [-0.2, 0) is 12.8 Å². The lowest BCUT2D eigenvalue weighted by Crippen LogP contribution is -2.33. The first kappa shape index (κ1) is 12.2. The number of nitrogens with two attached hydrogens (primary N) is 1. The van der Waals surface area contributed by atoms with Crippen molar-refractivity contribution in [3.8, 4) is 0 Å². The maximum absolute atomic E-state index is 5.96. The van der Waals surface area contributed by atoms with Crippen LogP contribution in [0.1, 0.15) is 22.7 Å². The Bertz CT molecular complexity index is 563. The number of benzene rings is 2. The minimum absolute atomic E-state index is 0.439. The normalized spacial score (nSPS) is 19.1. The average molecular weight is 252 g/mol. The maximum atomic E-state index is 5.96. The molecule has 2 nitrogen and oxygen atoms in total. The van der Waals surface area contributed by atoms with Gasteiger partial charge in [-0.2, -0.15) is 0 Å². The number of hydrogen-bond donors (Lipinski definition) is 1. The molecule has 0 spiro atoms. The van der Waals surface area contributed by atoms with E-state index in [0.717, 1.165) is 25.1 Å². The highest BCUT2D eigenvalue weighted by Gasteiger charge is 2.24. The Morgan fingerprint density at radius 1 is 1.16 bits per heavy atom. The molecular formula is C17H20N2. The highest BCUT2D eigenvalue weighted by atomic mass is 15.1. The summed E-state index contributed by atoms with van der Waals surface area (Å²) in [6.07, 6.45) is 2.17.